The molecule has 2 rings (SSSR count). The molecule has 1 unspecified atom stereocenters. The van der Waals surface area contributed by atoms with Crippen molar-refractivity contribution in [1.29, 1.82) is 0 Å². The summed E-state index contributed by atoms with van der Waals surface area (Å²) in [5.74, 6) is 0.685. The van der Waals surface area contributed by atoms with Gasteiger partial charge in [-0.2, -0.15) is 4.89 Å². The molecule has 6 nitrogen and oxygen atoms in total. The first kappa shape index (κ1) is 18.9. The summed E-state index contributed by atoms with van der Waals surface area (Å²) in [6, 6.07) is 18.1. The fourth-order valence-corrected chi connectivity index (χ4v) is 1.84. The van der Waals surface area contributed by atoms with Crippen molar-refractivity contribution in [2.24, 2.45) is 0 Å². The van der Waals surface area contributed by atoms with Crippen molar-refractivity contribution in [2.45, 2.75) is 13.0 Å². The van der Waals surface area contributed by atoms with E-state index >= 15 is 0 Å². The first-order valence-electron chi connectivity index (χ1n) is 8.03. The van der Waals surface area contributed by atoms with Crippen LogP contribution in [0.25, 0.3) is 0 Å². The lowest BCUT2D eigenvalue weighted by Crippen LogP contribution is -2.24. The molecule has 6 heteroatoms. The Bertz CT molecular complexity index is 602. The van der Waals surface area contributed by atoms with Gasteiger partial charge in [-0.25, -0.2) is 4.79 Å². The third-order valence-electron chi connectivity index (χ3n) is 3.02. The van der Waals surface area contributed by atoms with Crippen LogP contribution in [0.4, 0.5) is 0 Å². The van der Waals surface area contributed by atoms with E-state index < -0.39 is 5.97 Å². The Morgan fingerprint density at radius 1 is 0.920 bits per heavy atom. The Labute approximate surface area is 147 Å². The van der Waals surface area contributed by atoms with Gasteiger partial charge in [0.15, 0.2) is 5.75 Å². The number of ether oxygens (including phenoxy) is 3. The second kappa shape index (κ2) is 11.2. The van der Waals surface area contributed by atoms with Crippen LogP contribution >= 0.6 is 0 Å². The lowest BCUT2D eigenvalue weighted by molar-refractivity contribution is -0.216. The molecular formula is C19H22O6. The number of rotatable bonds is 11. The third kappa shape index (κ3) is 8.30. The van der Waals surface area contributed by atoms with Gasteiger partial charge in [-0.05, 0) is 31.2 Å². The van der Waals surface area contributed by atoms with Crippen LogP contribution in [0.2, 0.25) is 0 Å². The predicted octanol–water partition coefficient (Wildman–Crippen LogP) is 3.02. The van der Waals surface area contributed by atoms with Gasteiger partial charge in [-0.15, -0.1) is 0 Å². The number of carbonyl (C=O) groups excluding carboxylic acids is 1. The van der Waals surface area contributed by atoms with Crippen molar-refractivity contribution in [2.75, 3.05) is 26.4 Å². The number of carbonyl (C=O) groups is 1. The van der Waals surface area contributed by atoms with E-state index in [4.69, 9.17) is 24.0 Å². The summed E-state index contributed by atoms with van der Waals surface area (Å²) in [7, 11) is 0. The summed E-state index contributed by atoms with van der Waals surface area (Å²) in [6.07, 6.45) is -0.238. The second-order valence-corrected chi connectivity index (χ2v) is 5.20. The van der Waals surface area contributed by atoms with E-state index in [0.717, 1.165) is 0 Å². The van der Waals surface area contributed by atoms with Gasteiger partial charge >= 0.3 is 5.97 Å². The molecule has 0 N–H and O–H groups in total. The van der Waals surface area contributed by atoms with Gasteiger partial charge in [-0.1, -0.05) is 36.4 Å². The van der Waals surface area contributed by atoms with Crippen molar-refractivity contribution in [3.8, 4) is 11.5 Å². The number of esters is 1. The zero-order valence-corrected chi connectivity index (χ0v) is 14.1. The minimum atomic E-state index is -0.447. The quantitative estimate of drug-likeness (QED) is 0.205. The van der Waals surface area contributed by atoms with Gasteiger partial charge in [0.1, 0.15) is 19.0 Å². The van der Waals surface area contributed by atoms with E-state index in [2.05, 4.69) is 0 Å². The van der Waals surface area contributed by atoms with Crippen LogP contribution in [-0.4, -0.2) is 38.5 Å². The molecule has 0 bridgehead atoms. The van der Waals surface area contributed by atoms with Crippen LogP contribution in [0.5, 0.6) is 11.5 Å². The standard InChI is InChI=1S/C19H22O6/c1-16(22-15-19(20)24-17-8-4-2-5-9-17)14-21-12-13-23-25-18-10-6-3-7-11-18/h2-11,16H,12-15H2,1H3. The van der Waals surface area contributed by atoms with Crippen LogP contribution < -0.4 is 9.62 Å². The van der Waals surface area contributed by atoms with Crippen LogP contribution in [0.15, 0.2) is 60.7 Å². The normalized spacial score (nSPS) is 11.7. The molecule has 0 aliphatic carbocycles. The molecule has 0 spiro atoms. The fourth-order valence-electron chi connectivity index (χ4n) is 1.84. The van der Waals surface area contributed by atoms with Crippen molar-refractivity contribution < 1.29 is 28.8 Å². The SMILES string of the molecule is CC(COCCOOc1ccccc1)OCC(=O)Oc1ccccc1. The van der Waals surface area contributed by atoms with E-state index in [-0.39, 0.29) is 19.3 Å². The largest absolute Gasteiger partial charge is 0.425 e. The highest BCUT2D eigenvalue weighted by molar-refractivity contribution is 5.73. The maximum atomic E-state index is 11.6. The monoisotopic (exact) mass is 346 g/mol. The summed E-state index contributed by atoms with van der Waals surface area (Å²) in [6.45, 7) is 2.67. The summed E-state index contributed by atoms with van der Waals surface area (Å²) in [5, 5.41) is 0. The van der Waals surface area contributed by atoms with E-state index in [1.54, 1.807) is 36.4 Å². The molecule has 0 aliphatic heterocycles. The lowest BCUT2D eigenvalue weighted by atomic mass is 10.3. The highest BCUT2D eigenvalue weighted by atomic mass is 17.2. The molecule has 2 aromatic rings. The van der Waals surface area contributed by atoms with E-state index in [0.29, 0.717) is 24.7 Å². The lowest BCUT2D eigenvalue weighted by Gasteiger charge is -2.13. The molecule has 0 radical (unpaired) electrons. The average molecular weight is 346 g/mol. The molecule has 1 atom stereocenters. The summed E-state index contributed by atoms with van der Waals surface area (Å²) >= 11 is 0. The average Bonchev–Trinajstić information content (AvgIpc) is 2.64. The smallest absolute Gasteiger partial charge is 0.337 e. The summed E-state index contributed by atoms with van der Waals surface area (Å²) in [5.41, 5.74) is 0. The highest BCUT2D eigenvalue weighted by Crippen LogP contribution is 2.09. The van der Waals surface area contributed by atoms with E-state index in [1.807, 2.05) is 31.2 Å². The van der Waals surface area contributed by atoms with Crippen LogP contribution in [0, 0.1) is 0 Å². The van der Waals surface area contributed by atoms with E-state index in [9.17, 15) is 4.79 Å². The second-order valence-electron chi connectivity index (χ2n) is 5.20. The van der Waals surface area contributed by atoms with Gasteiger partial charge in [-0.3, -0.25) is 0 Å². The number of hydrogen-bond donors (Lipinski definition) is 0. The van der Waals surface area contributed by atoms with Gasteiger partial charge in [0, 0.05) is 0 Å². The van der Waals surface area contributed by atoms with Gasteiger partial charge in [0.05, 0.1) is 19.3 Å². The zero-order valence-electron chi connectivity index (χ0n) is 14.1. The third-order valence-corrected chi connectivity index (χ3v) is 3.02. The molecule has 0 saturated heterocycles. The van der Waals surface area contributed by atoms with E-state index in [1.165, 1.54) is 0 Å². The molecule has 0 aromatic heterocycles. The Balaban J connectivity index is 1.48. The minimum Gasteiger partial charge on any atom is -0.425 e. The maximum Gasteiger partial charge on any atom is 0.337 e. The van der Waals surface area contributed by atoms with Crippen molar-refractivity contribution >= 4 is 5.97 Å². The molecule has 0 fully saturated rings. The topological polar surface area (TPSA) is 63.2 Å². The molecule has 134 valence electrons. The molecule has 25 heavy (non-hydrogen) atoms. The number of benzene rings is 2. The fraction of sp³-hybridized carbons (Fsp3) is 0.316. The molecule has 0 amide bonds. The maximum absolute atomic E-state index is 11.6. The number of hydrogen-bond acceptors (Lipinski definition) is 6. The Morgan fingerprint density at radius 3 is 2.24 bits per heavy atom. The minimum absolute atomic E-state index is 0.132. The van der Waals surface area contributed by atoms with Crippen molar-refractivity contribution in [3.05, 3.63) is 60.7 Å². The zero-order chi connectivity index (χ0) is 17.7. The van der Waals surface area contributed by atoms with Gasteiger partial charge < -0.3 is 19.1 Å². The molecule has 2 aromatic carbocycles. The highest BCUT2D eigenvalue weighted by Gasteiger charge is 2.09. The van der Waals surface area contributed by atoms with Crippen LogP contribution in [-0.2, 0) is 19.2 Å². The molecule has 0 aliphatic rings. The summed E-state index contributed by atoms with van der Waals surface area (Å²) in [4.78, 5) is 21.7. The Kier molecular flexibility index (Phi) is 8.48. The first-order valence-corrected chi connectivity index (χ1v) is 8.03. The van der Waals surface area contributed by atoms with Crippen molar-refractivity contribution in [1.82, 2.24) is 0 Å². The van der Waals surface area contributed by atoms with Crippen LogP contribution in [0.1, 0.15) is 6.92 Å². The molecule has 0 heterocycles. The van der Waals surface area contributed by atoms with Gasteiger partial charge in [0.25, 0.3) is 0 Å². The molecular weight excluding hydrogens is 324 g/mol. The predicted molar refractivity (Wildman–Crippen MR) is 91.3 cm³/mol. The Hall–Kier alpha value is -2.41. The number of para-hydroxylation sites is 2. The van der Waals surface area contributed by atoms with Crippen LogP contribution in [0.3, 0.4) is 0 Å². The van der Waals surface area contributed by atoms with Crippen molar-refractivity contribution in [3.63, 3.8) is 0 Å². The van der Waals surface area contributed by atoms with Gasteiger partial charge in [0.2, 0.25) is 0 Å². The summed E-state index contributed by atoms with van der Waals surface area (Å²) < 4.78 is 15.9. The molecule has 0 saturated carbocycles. The Morgan fingerprint density at radius 2 is 1.56 bits per heavy atom. The first-order chi connectivity index (χ1) is 12.2.